The van der Waals surface area contributed by atoms with Crippen molar-refractivity contribution in [1.82, 2.24) is 9.97 Å². The maximum absolute atomic E-state index is 13.2. The predicted molar refractivity (Wildman–Crippen MR) is 66.5 cm³/mol. The summed E-state index contributed by atoms with van der Waals surface area (Å²) >= 11 is 4.90. The molecule has 2 rings (SSSR count). The highest BCUT2D eigenvalue weighted by molar-refractivity contribution is 7.71. The average molecular weight is 264 g/mol. The zero-order valence-electron chi connectivity index (χ0n) is 9.40. The molecule has 0 aliphatic rings. The van der Waals surface area contributed by atoms with Gasteiger partial charge in [0.15, 0.2) is 0 Å². The monoisotopic (exact) mass is 264 g/mol. The van der Waals surface area contributed by atoms with E-state index in [0.717, 1.165) is 0 Å². The zero-order chi connectivity index (χ0) is 13.3. The van der Waals surface area contributed by atoms with Crippen LogP contribution in [-0.4, -0.2) is 21.0 Å². The van der Waals surface area contributed by atoms with E-state index in [4.69, 9.17) is 17.3 Å². The van der Waals surface area contributed by atoms with E-state index in [0.29, 0.717) is 17.0 Å². The number of hydrogen-bond donors (Lipinski definition) is 2. The Bertz CT molecular complexity index is 682. The first kappa shape index (κ1) is 12.4. The molecule has 0 saturated heterocycles. The minimum Gasteiger partial charge on any atom is -0.477 e. The normalized spacial score (nSPS) is 10.3. The average Bonchev–Trinajstić information content (AvgIpc) is 2.31. The fraction of sp³-hybridized carbons (Fsp3) is 0.0833. The van der Waals surface area contributed by atoms with Crippen molar-refractivity contribution in [3.63, 3.8) is 0 Å². The number of hydrogen-bond acceptors (Lipinski definition) is 3. The molecule has 92 valence electrons. The Balaban J connectivity index is 2.60. The van der Waals surface area contributed by atoms with E-state index in [1.165, 1.54) is 18.2 Å². The van der Waals surface area contributed by atoms with Gasteiger partial charge in [-0.1, -0.05) is 12.2 Å². The zero-order valence-corrected chi connectivity index (χ0v) is 10.2. The van der Waals surface area contributed by atoms with Gasteiger partial charge >= 0.3 is 5.97 Å². The van der Waals surface area contributed by atoms with E-state index in [2.05, 4.69) is 9.97 Å². The number of nitrogens with one attached hydrogen (secondary N) is 1. The molecule has 0 amide bonds. The maximum atomic E-state index is 13.2. The van der Waals surface area contributed by atoms with Gasteiger partial charge in [-0.05, 0) is 30.7 Å². The van der Waals surface area contributed by atoms with Gasteiger partial charge in [0, 0.05) is 11.6 Å². The summed E-state index contributed by atoms with van der Waals surface area (Å²) in [6, 6.07) is 5.66. The van der Waals surface area contributed by atoms with Gasteiger partial charge in [-0.25, -0.2) is 14.2 Å². The third kappa shape index (κ3) is 2.43. The summed E-state index contributed by atoms with van der Waals surface area (Å²) in [5, 5.41) is 8.91. The number of carboxylic acid groups (broad SMARTS) is 1. The molecule has 0 fully saturated rings. The first-order chi connectivity index (χ1) is 8.47. The second-order valence-electron chi connectivity index (χ2n) is 3.75. The van der Waals surface area contributed by atoms with Crippen LogP contribution in [0.4, 0.5) is 4.39 Å². The fourth-order valence-corrected chi connectivity index (χ4v) is 1.71. The molecule has 2 aromatic rings. The van der Waals surface area contributed by atoms with E-state index in [-0.39, 0.29) is 16.2 Å². The number of H-pyrrole nitrogens is 1. The molecular weight excluding hydrogens is 255 g/mol. The van der Waals surface area contributed by atoms with Crippen LogP contribution < -0.4 is 0 Å². The summed E-state index contributed by atoms with van der Waals surface area (Å²) < 4.78 is 13.3. The number of benzene rings is 1. The van der Waals surface area contributed by atoms with Crippen LogP contribution in [0.15, 0.2) is 24.3 Å². The minimum absolute atomic E-state index is 0.0491. The van der Waals surface area contributed by atoms with Crippen LogP contribution in [0.1, 0.15) is 16.1 Å². The molecule has 1 aromatic heterocycles. The van der Waals surface area contributed by atoms with Crippen molar-refractivity contribution in [1.29, 1.82) is 0 Å². The number of halogens is 1. The largest absolute Gasteiger partial charge is 0.477 e. The Morgan fingerprint density at radius 2 is 2.17 bits per heavy atom. The first-order valence-electron chi connectivity index (χ1n) is 5.08. The van der Waals surface area contributed by atoms with Gasteiger partial charge in [0.1, 0.15) is 22.0 Å². The predicted octanol–water partition coefficient (Wildman–Crippen LogP) is 2.95. The Morgan fingerprint density at radius 3 is 2.78 bits per heavy atom. The van der Waals surface area contributed by atoms with Crippen molar-refractivity contribution in [3.8, 4) is 11.4 Å². The third-order valence-corrected chi connectivity index (χ3v) is 2.61. The molecule has 0 bridgehead atoms. The number of carboxylic acids is 1. The number of nitrogens with zero attached hydrogens (tertiary/aromatic N) is 1. The lowest BCUT2D eigenvalue weighted by molar-refractivity contribution is 0.0690. The number of aromatic carboxylic acids is 1. The second-order valence-corrected chi connectivity index (χ2v) is 4.17. The highest BCUT2D eigenvalue weighted by Crippen LogP contribution is 2.18. The summed E-state index contributed by atoms with van der Waals surface area (Å²) in [6.07, 6.45) is 0. The summed E-state index contributed by atoms with van der Waals surface area (Å²) in [4.78, 5) is 17.6. The Kier molecular flexibility index (Phi) is 3.20. The molecular formula is C12H9FN2O2S. The van der Waals surface area contributed by atoms with Crippen LogP contribution in [0.25, 0.3) is 11.4 Å². The van der Waals surface area contributed by atoms with Crippen LogP contribution >= 0.6 is 12.2 Å². The van der Waals surface area contributed by atoms with Gasteiger partial charge in [-0.2, -0.15) is 0 Å². The first-order valence-corrected chi connectivity index (χ1v) is 5.49. The van der Waals surface area contributed by atoms with Crippen molar-refractivity contribution in [3.05, 3.63) is 46.0 Å². The number of aromatic nitrogens is 2. The highest BCUT2D eigenvalue weighted by Gasteiger charge is 2.08. The summed E-state index contributed by atoms with van der Waals surface area (Å²) in [5.74, 6) is -1.14. The number of aromatic amines is 1. The van der Waals surface area contributed by atoms with Crippen molar-refractivity contribution < 1.29 is 14.3 Å². The lowest BCUT2D eigenvalue weighted by atomic mass is 10.1. The lowest BCUT2D eigenvalue weighted by Crippen LogP contribution is -2.03. The quantitative estimate of drug-likeness (QED) is 0.818. The Labute approximate surface area is 107 Å². The van der Waals surface area contributed by atoms with Gasteiger partial charge in [-0.3, -0.25) is 0 Å². The molecule has 0 saturated carbocycles. The Morgan fingerprint density at radius 1 is 1.44 bits per heavy atom. The van der Waals surface area contributed by atoms with Crippen molar-refractivity contribution in [2.24, 2.45) is 0 Å². The van der Waals surface area contributed by atoms with Crippen LogP contribution in [0, 0.1) is 17.4 Å². The molecule has 6 heteroatoms. The highest BCUT2D eigenvalue weighted by atomic mass is 32.1. The van der Waals surface area contributed by atoms with Gasteiger partial charge in [-0.15, -0.1) is 0 Å². The van der Waals surface area contributed by atoms with E-state index in [9.17, 15) is 9.18 Å². The second kappa shape index (κ2) is 4.66. The minimum atomic E-state index is -1.12. The summed E-state index contributed by atoms with van der Waals surface area (Å²) in [7, 11) is 0. The molecule has 2 N–H and O–H groups in total. The third-order valence-electron chi connectivity index (χ3n) is 2.40. The Hall–Kier alpha value is -2.08. The van der Waals surface area contributed by atoms with Crippen LogP contribution in [-0.2, 0) is 0 Å². The van der Waals surface area contributed by atoms with Crippen LogP contribution in [0.5, 0.6) is 0 Å². The van der Waals surface area contributed by atoms with E-state index in [1.54, 1.807) is 13.0 Å². The van der Waals surface area contributed by atoms with Crippen molar-refractivity contribution in [2.45, 2.75) is 6.92 Å². The van der Waals surface area contributed by atoms with E-state index < -0.39 is 5.97 Å². The van der Waals surface area contributed by atoms with E-state index >= 15 is 0 Å². The molecule has 0 aliphatic heterocycles. The number of aryl methyl sites for hydroxylation is 1. The molecule has 0 atom stereocenters. The van der Waals surface area contributed by atoms with Gasteiger partial charge < -0.3 is 10.1 Å². The smallest absolute Gasteiger partial charge is 0.352 e. The SMILES string of the molecule is Cc1cc(-c2nc(=S)cc(C(=O)O)[nH]2)ccc1F. The van der Waals surface area contributed by atoms with Crippen LogP contribution in [0.2, 0.25) is 0 Å². The molecule has 0 unspecified atom stereocenters. The number of rotatable bonds is 2. The molecule has 0 aliphatic carbocycles. The van der Waals surface area contributed by atoms with Gasteiger partial charge in [0.2, 0.25) is 0 Å². The molecule has 0 spiro atoms. The van der Waals surface area contributed by atoms with Crippen molar-refractivity contribution >= 4 is 18.2 Å². The van der Waals surface area contributed by atoms with Gasteiger partial charge in [0.05, 0.1) is 0 Å². The maximum Gasteiger partial charge on any atom is 0.352 e. The topological polar surface area (TPSA) is 66.0 Å². The van der Waals surface area contributed by atoms with Crippen molar-refractivity contribution in [2.75, 3.05) is 0 Å². The van der Waals surface area contributed by atoms with Crippen LogP contribution in [0.3, 0.4) is 0 Å². The fourth-order valence-electron chi connectivity index (χ4n) is 1.50. The number of carbonyl (C=O) groups is 1. The van der Waals surface area contributed by atoms with E-state index in [1.807, 2.05) is 0 Å². The standard InChI is InChI=1S/C12H9FN2O2S/c1-6-4-7(2-3-8(6)13)11-14-9(12(16)17)5-10(18)15-11/h2-5H,1H3,(H,16,17)(H,14,15,18). The van der Waals surface area contributed by atoms with Gasteiger partial charge in [0.25, 0.3) is 0 Å². The molecule has 0 radical (unpaired) electrons. The molecule has 1 aromatic carbocycles. The lowest BCUT2D eigenvalue weighted by Gasteiger charge is -2.04. The molecule has 4 nitrogen and oxygen atoms in total. The summed E-state index contributed by atoms with van der Waals surface area (Å²) in [6.45, 7) is 1.62. The molecule has 18 heavy (non-hydrogen) atoms. The summed E-state index contributed by atoms with van der Waals surface area (Å²) in [5.41, 5.74) is 0.990. The molecule has 1 heterocycles.